The van der Waals surface area contributed by atoms with Crippen molar-refractivity contribution in [3.63, 3.8) is 0 Å². The molecule has 0 aliphatic carbocycles. The van der Waals surface area contributed by atoms with Crippen LogP contribution in [-0.2, 0) is 181 Å². The maximum Gasteiger partial charge on any atom is 0.330 e. The van der Waals surface area contributed by atoms with E-state index in [1.807, 2.05) is 0 Å². The summed E-state index contributed by atoms with van der Waals surface area (Å²) >= 11 is 0. The minimum absolute atomic E-state index is 0.406. The Kier molecular flexibility index (Phi) is 56.6. The van der Waals surface area contributed by atoms with Crippen molar-refractivity contribution in [3.05, 3.63) is 152 Å². The maximum absolute atomic E-state index is 12.3. The Bertz CT molecular complexity index is 3410. The Balaban J connectivity index is -0.00000175. The summed E-state index contributed by atoms with van der Waals surface area (Å²) in [6, 6.07) is 0. The molecule has 0 aliphatic heterocycles. The van der Waals surface area contributed by atoms with Gasteiger partial charge in [-0.15, -0.1) is 0 Å². The lowest BCUT2D eigenvalue weighted by Gasteiger charge is -2.35. The third kappa shape index (κ3) is 53.8. The predicted molar refractivity (Wildman–Crippen MR) is 399 cm³/mol. The highest BCUT2D eigenvalue weighted by Gasteiger charge is 2.44. The highest BCUT2D eigenvalue weighted by atomic mass is 16.6. The van der Waals surface area contributed by atoms with Gasteiger partial charge in [-0.3, -0.25) is 38.4 Å². The van der Waals surface area contributed by atoms with Gasteiger partial charge in [-0.1, -0.05) is 78.9 Å². The van der Waals surface area contributed by atoms with Crippen molar-refractivity contribution in [2.45, 2.75) is 51.4 Å². The number of ether oxygens (including phenoxy) is 18. The maximum atomic E-state index is 12.3. The molecule has 0 saturated carbocycles. The SMILES string of the molecule is C=CC(=O)OCC(COC(=O)C=C)(COC(=O)C=C)COC(=O)CCC(=O)O.C=CC(=O)OCC(COCC(COC(=O)C=C)(COC(=O)C=C)COC(=O)CCC(=O)O)(COC(=O)C=C)COC(=O)C=C.C=CC(=O)OCC(COCC(COC(=O)C=C)(COC(=O)CCC(=O)O)COC(=O)CCC(=O)O)(COC(=O)C=C)COC(=O)C=C. The largest absolute Gasteiger partial charge is 0.481 e. The molecule has 0 radical (unpaired) electrons. The lowest BCUT2D eigenvalue weighted by atomic mass is 9.90. The molecule has 0 heterocycles. The summed E-state index contributed by atoms with van der Waals surface area (Å²) in [5.74, 6) is -19.2. The van der Waals surface area contributed by atoms with E-state index in [0.29, 0.717) is 0 Å². The van der Waals surface area contributed by atoms with Crippen molar-refractivity contribution in [2.75, 3.05) is 132 Å². The van der Waals surface area contributed by atoms with Crippen molar-refractivity contribution >= 4 is 119 Å². The molecule has 656 valence electrons. The zero-order valence-electron chi connectivity index (χ0n) is 65.0. The fourth-order valence-corrected chi connectivity index (χ4v) is 7.67. The van der Waals surface area contributed by atoms with Gasteiger partial charge in [-0.25, -0.2) is 57.5 Å². The number of carboxylic acid groups (broad SMARTS) is 4. The molecular weight excluding hydrogens is 1600 g/mol. The number of aliphatic carboxylic acids is 4. The van der Waals surface area contributed by atoms with Crippen LogP contribution >= 0.6 is 0 Å². The predicted octanol–water partition coefficient (Wildman–Crippen LogP) is 2.31. The van der Waals surface area contributed by atoms with E-state index in [-0.39, 0.29) is 0 Å². The Morgan fingerprint density at radius 2 is 0.269 bits per heavy atom. The number of esters is 16. The van der Waals surface area contributed by atoms with Crippen molar-refractivity contribution in [1.29, 1.82) is 0 Å². The highest BCUT2D eigenvalue weighted by molar-refractivity contribution is 5.86. The van der Waals surface area contributed by atoms with E-state index in [0.717, 1.165) is 72.9 Å². The summed E-state index contributed by atoms with van der Waals surface area (Å²) in [6.45, 7) is 28.3. The number of carboxylic acids is 4. The van der Waals surface area contributed by atoms with Crippen LogP contribution in [0.2, 0.25) is 0 Å². The van der Waals surface area contributed by atoms with Crippen LogP contribution in [0, 0.1) is 27.1 Å². The second kappa shape index (κ2) is 61.6. The quantitative estimate of drug-likeness (QED) is 0.0385. The number of carbonyl (C=O) groups is 20. The van der Waals surface area contributed by atoms with Crippen LogP contribution < -0.4 is 0 Å². The van der Waals surface area contributed by atoms with Gasteiger partial charge in [0.1, 0.15) is 111 Å². The number of rotatable bonds is 64. The second-order valence-electron chi connectivity index (χ2n) is 24.4. The Morgan fingerprint density at radius 1 is 0.168 bits per heavy atom. The van der Waals surface area contributed by atoms with Crippen molar-refractivity contribution < 1.29 is 202 Å². The van der Waals surface area contributed by atoms with Gasteiger partial charge in [0.25, 0.3) is 0 Å². The molecule has 0 fully saturated rings. The molecule has 0 aliphatic rings. The molecule has 0 saturated heterocycles. The first-order valence-corrected chi connectivity index (χ1v) is 34.3. The van der Waals surface area contributed by atoms with Crippen molar-refractivity contribution in [3.8, 4) is 0 Å². The molecule has 42 heteroatoms. The highest BCUT2D eigenvalue weighted by Crippen LogP contribution is 2.30. The van der Waals surface area contributed by atoms with Crippen LogP contribution in [0.5, 0.6) is 0 Å². The topological polar surface area (TPSA) is 588 Å². The summed E-state index contributed by atoms with van der Waals surface area (Å²) < 4.78 is 93.3. The average molecular weight is 1690 g/mol. The summed E-state index contributed by atoms with van der Waals surface area (Å²) in [7, 11) is 0. The fourth-order valence-electron chi connectivity index (χ4n) is 7.67. The molecular formula is C77H96O42. The van der Waals surface area contributed by atoms with E-state index in [4.69, 9.17) is 106 Å². The molecule has 0 amide bonds. The van der Waals surface area contributed by atoms with Gasteiger partial charge in [0.15, 0.2) is 0 Å². The molecule has 119 heavy (non-hydrogen) atoms. The number of hydrogen-bond acceptors (Lipinski definition) is 38. The van der Waals surface area contributed by atoms with E-state index in [1.165, 1.54) is 0 Å². The molecule has 0 atom stereocenters. The van der Waals surface area contributed by atoms with Crippen molar-refractivity contribution in [2.24, 2.45) is 27.1 Å². The molecule has 0 aromatic carbocycles. The van der Waals surface area contributed by atoms with Gasteiger partial charge in [-0.05, 0) is 0 Å². The normalized spacial score (nSPS) is 10.6. The van der Waals surface area contributed by atoms with E-state index >= 15 is 0 Å². The molecule has 42 nitrogen and oxygen atoms in total. The second-order valence-corrected chi connectivity index (χ2v) is 24.4. The smallest absolute Gasteiger partial charge is 0.330 e. The first-order valence-electron chi connectivity index (χ1n) is 34.3. The minimum Gasteiger partial charge on any atom is -0.481 e. The van der Waals surface area contributed by atoms with Crippen LogP contribution in [0.3, 0.4) is 0 Å². The van der Waals surface area contributed by atoms with E-state index in [1.54, 1.807) is 0 Å². The first-order chi connectivity index (χ1) is 56.1. The van der Waals surface area contributed by atoms with Gasteiger partial charge in [-0.2, -0.15) is 0 Å². The molecule has 0 unspecified atom stereocenters. The third-order valence-electron chi connectivity index (χ3n) is 14.2. The van der Waals surface area contributed by atoms with Crippen LogP contribution in [0.25, 0.3) is 0 Å². The van der Waals surface area contributed by atoms with Gasteiger partial charge < -0.3 is 106 Å². The van der Waals surface area contributed by atoms with E-state index in [9.17, 15) is 95.9 Å². The van der Waals surface area contributed by atoms with Crippen LogP contribution in [-0.4, -0.2) is 272 Å². The number of hydrogen-bond donors (Lipinski definition) is 4. The zero-order valence-corrected chi connectivity index (χ0v) is 65.0. The first kappa shape index (κ1) is 109. The molecule has 4 N–H and O–H groups in total. The lowest BCUT2D eigenvalue weighted by Crippen LogP contribution is -2.47. The lowest BCUT2D eigenvalue weighted by molar-refractivity contribution is -0.175. The fraction of sp³-hybridized carbons (Fsp3) is 0.429. The molecule has 0 aromatic rings. The van der Waals surface area contributed by atoms with E-state index < -0.39 is 330 Å². The van der Waals surface area contributed by atoms with Crippen molar-refractivity contribution in [1.82, 2.24) is 0 Å². The average Bonchev–Trinajstić information content (AvgIpc) is 0.857. The van der Waals surface area contributed by atoms with Crippen LogP contribution in [0.1, 0.15) is 51.4 Å². The molecule has 0 aromatic heterocycles. The minimum atomic E-state index is -1.71. The van der Waals surface area contributed by atoms with Gasteiger partial charge >= 0.3 is 119 Å². The number of carbonyl (C=O) groups excluding carboxylic acids is 16. The van der Waals surface area contributed by atoms with E-state index in [2.05, 4.69) is 78.9 Å². The van der Waals surface area contributed by atoms with Crippen LogP contribution in [0.15, 0.2) is 152 Å². The van der Waals surface area contributed by atoms with Crippen LogP contribution in [0.4, 0.5) is 0 Å². The monoisotopic (exact) mass is 1690 g/mol. The third-order valence-corrected chi connectivity index (χ3v) is 14.2. The molecule has 0 rings (SSSR count). The molecule has 0 spiro atoms. The zero-order chi connectivity index (χ0) is 91.1. The summed E-state index contributed by atoms with van der Waals surface area (Å²) in [5.41, 5.74) is -7.91. The summed E-state index contributed by atoms with van der Waals surface area (Å²) in [5, 5.41) is 35.2. The summed E-state index contributed by atoms with van der Waals surface area (Å²) in [4.78, 5) is 233. The summed E-state index contributed by atoms with van der Waals surface area (Å²) in [6.07, 6.45) is 6.16. The van der Waals surface area contributed by atoms with Gasteiger partial charge in [0, 0.05) is 72.9 Å². The standard InChI is InChI=1S/C30H38O17.C29H36O15.C18H22O10/c1-5-23(35)42-15-29(16-43-24(36)6-2,17-44-25(37)7-3)13-41-14-30(18-45-26(38)8-4,19-46-27(39)11-9-21(31)32)20-47-28(40)12-10-22(33)34;1-6-22(32)39-15-28(16-40-23(33)7-2,17-41-24(34)8-3)13-38-14-29(18-42-25(35)9-4,19-43-26(36)10-5)20-44-27(37)12-11-21(30)31;1-4-14(21)25-9-18(10-26-15(22)5-2,11-27-16(23)6-3)12-28-17(24)8-7-13(19)20/h5-8H,1-4,9-20H2,(H,31,32)(H,33,34);6-10H,1-5,11-20H2,(H,30,31);4-6H,1-3,7-12H2,(H,19,20). The van der Waals surface area contributed by atoms with Gasteiger partial charge in [0.2, 0.25) is 0 Å². The Hall–Kier alpha value is -13.8. The Labute approximate surface area is 681 Å². The Morgan fingerprint density at radius 3 is 0.370 bits per heavy atom. The molecule has 0 bridgehead atoms. The van der Waals surface area contributed by atoms with Gasteiger partial charge in [0.05, 0.1) is 99.5 Å².